The molecule has 0 saturated carbocycles. The van der Waals surface area contributed by atoms with Gasteiger partial charge in [0, 0.05) is 17.8 Å². The van der Waals surface area contributed by atoms with E-state index in [9.17, 15) is 4.79 Å². The fourth-order valence-corrected chi connectivity index (χ4v) is 2.18. The van der Waals surface area contributed by atoms with Gasteiger partial charge in [-0.25, -0.2) is 0 Å². The second-order valence-electron chi connectivity index (χ2n) is 4.68. The van der Waals surface area contributed by atoms with E-state index in [0.717, 1.165) is 31.5 Å². The van der Waals surface area contributed by atoms with Crippen molar-refractivity contribution >= 4 is 18.3 Å². The lowest BCUT2D eigenvalue weighted by molar-refractivity contribution is 0.0920. The maximum absolute atomic E-state index is 11.9. The Kier molecular flexibility index (Phi) is 5.62. The third-order valence-corrected chi connectivity index (χ3v) is 3.20. The van der Waals surface area contributed by atoms with E-state index >= 15 is 0 Å². The zero-order valence-electron chi connectivity index (χ0n) is 10.8. The van der Waals surface area contributed by atoms with Gasteiger partial charge in [0.2, 0.25) is 0 Å². The van der Waals surface area contributed by atoms with Crippen LogP contribution in [-0.2, 0) is 6.42 Å². The summed E-state index contributed by atoms with van der Waals surface area (Å²) in [4.78, 5) is 11.9. The lowest BCUT2D eigenvalue weighted by Crippen LogP contribution is -2.46. The van der Waals surface area contributed by atoms with Gasteiger partial charge in [-0.15, -0.1) is 12.4 Å². The van der Waals surface area contributed by atoms with Crippen LogP contribution in [0.2, 0.25) is 0 Å². The second-order valence-corrected chi connectivity index (χ2v) is 4.68. The highest BCUT2D eigenvalue weighted by Gasteiger charge is 2.21. The minimum Gasteiger partial charge on any atom is -0.348 e. The molecule has 5 nitrogen and oxygen atoms in total. The topological polar surface area (TPSA) is 69.8 Å². The first-order valence-electron chi connectivity index (χ1n) is 6.27. The molecule has 0 spiro atoms. The van der Waals surface area contributed by atoms with E-state index in [1.54, 1.807) is 0 Å². The maximum atomic E-state index is 11.9. The van der Waals surface area contributed by atoms with Crippen molar-refractivity contribution in [2.75, 3.05) is 6.54 Å². The summed E-state index contributed by atoms with van der Waals surface area (Å²) in [6, 6.07) is 2.56. The van der Waals surface area contributed by atoms with Gasteiger partial charge < -0.3 is 10.6 Å². The van der Waals surface area contributed by atoms with Gasteiger partial charge in [-0.05, 0) is 38.8 Å². The molecule has 1 fully saturated rings. The van der Waals surface area contributed by atoms with E-state index in [0.29, 0.717) is 11.7 Å². The minimum absolute atomic E-state index is 0. The highest BCUT2D eigenvalue weighted by molar-refractivity contribution is 5.92. The summed E-state index contributed by atoms with van der Waals surface area (Å²) >= 11 is 0. The van der Waals surface area contributed by atoms with Gasteiger partial charge in [-0.1, -0.05) is 6.92 Å². The van der Waals surface area contributed by atoms with Crippen LogP contribution >= 0.6 is 12.4 Å². The summed E-state index contributed by atoms with van der Waals surface area (Å²) in [5, 5.41) is 13.3. The number of aromatic amines is 1. The molecule has 2 rings (SSSR count). The van der Waals surface area contributed by atoms with Gasteiger partial charge in [0.05, 0.1) is 0 Å². The van der Waals surface area contributed by atoms with Crippen molar-refractivity contribution in [2.45, 2.75) is 45.2 Å². The average Bonchev–Trinajstić information content (AvgIpc) is 2.77. The molecule has 2 atom stereocenters. The lowest BCUT2D eigenvalue weighted by Gasteiger charge is -2.28. The van der Waals surface area contributed by atoms with Gasteiger partial charge in [-0.2, -0.15) is 5.10 Å². The Morgan fingerprint density at radius 2 is 2.39 bits per heavy atom. The molecule has 1 aliphatic heterocycles. The Labute approximate surface area is 114 Å². The molecular formula is C12H21ClN4O. The number of rotatable bonds is 3. The standard InChI is InChI=1S/C12H20N4O.ClH/c1-3-9-7-11(16-15-9)12(17)14-10-4-5-13-8(2)6-10;/h7-8,10,13H,3-6H2,1-2H3,(H,14,17)(H,15,16);1H. The number of amides is 1. The molecule has 0 bridgehead atoms. The number of nitrogens with zero attached hydrogens (tertiary/aromatic N) is 1. The van der Waals surface area contributed by atoms with E-state index in [1.165, 1.54) is 0 Å². The van der Waals surface area contributed by atoms with E-state index in [1.807, 2.05) is 13.0 Å². The number of nitrogens with one attached hydrogen (secondary N) is 3. The summed E-state index contributed by atoms with van der Waals surface area (Å²) < 4.78 is 0. The fourth-order valence-electron chi connectivity index (χ4n) is 2.18. The number of aromatic nitrogens is 2. The smallest absolute Gasteiger partial charge is 0.271 e. The van der Waals surface area contributed by atoms with Crippen LogP contribution < -0.4 is 10.6 Å². The van der Waals surface area contributed by atoms with Crippen LogP contribution in [0.4, 0.5) is 0 Å². The summed E-state index contributed by atoms with van der Waals surface area (Å²) in [6.07, 6.45) is 2.84. The van der Waals surface area contributed by atoms with Crippen LogP contribution in [0.1, 0.15) is 42.9 Å². The largest absolute Gasteiger partial charge is 0.348 e. The molecule has 3 N–H and O–H groups in total. The van der Waals surface area contributed by atoms with Gasteiger partial charge in [0.25, 0.3) is 5.91 Å². The Morgan fingerprint density at radius 1 is 1.61 bits per heavy atom. The molecule has 2 unspecified atom stereocenters. The van der Waals surface area contributed by atoms with Crippen LogP contribution in [0.3, 0.4) is 0 Å². The van der Waals surface area contributed by atoms with Gasteiger partial charge in [-0.3, -0.25) is 9.89 Å². The quantitative estimate of drug-likeness (QED) is 0.776. The SMILES string of the molecule is CCc1cc(C(=O)NC2CCNC(C)C2)n[nH]1.Cl. The monoisotopic (exact) mass is 272 g/mol. The van der Waals surface area contributed by atoms with Crippen molar-refractivity contribution in [1.29, 1.82) is 0 Å². The molecule has 6 heteroatoms. The van der Waals surface area contributed by atoms with E-state index in [2.05, 4.69) is 27.8 Å². The average molecular weight is 273 g/mol. The highest BCUT2D eigenvalue weighted by Crippen LogP contribution is 2.09. The van der Waals surface area contributed by atoms with Crippen molar-refractivity contribution in [3.8, 4) is 0 Å². The number of piperidine rings is 1. The minimum atomic E-state index is -0.0694. The summed E-state index contributed by atoms with van der Waals surface area (Å²) in [7, 11) is 0. The maximum Gasteiger partial charge on any atom is 0.271 e. The van der Waals surface area contributed by atoms with Crippen LogP contribution in [0.25, 0.3) is 0 Å². The molecule has 0 radical (unpaired) electrons. The third-order valence-electron chi connectivity index (χ3n) is 3.20. The number of hydrogen-bond donors (Lipinski definition) is 3. The van der Waals surface area contributed by atoms with Crippen molar-refractivity contribution in [3.63, 3.8) is 0 Å². The van der Waals surface area contributed by atoms with Gasteiger partial charge >= 0.3 is 0 Å². The predicted octanol–water partition coefficient (Wildman–Crippen LogP) is 1.26. The van der Waals surface area contributed by atoms with E-state index in [-0.39, 0.29) is 24.4 Å². The Bertz CT molecular complexity index is 393. The number of carbonyl (C=O) groups excluding carboxylic acids is 1. The van der Waals surface area contributed by atoms with Crippen molar-refractivity contribution in [3.05, 3.63) is 17.5 Å². The molecule has 1 amide bonds. The molecule has 102 valence electrons. The normalized spacial score (nSPS) is 23.2. The summed E-state index contributed by atoms with van der Waals surface area (Å²) in [5.41, 5.74) is 1.49. The molecule has 18 heavy (non-hydrogen) atoms. The van der Waals surface area contributed by atoms with Crippen LogP contribution in [0.5, 0.6) is 0 Å². The molecule has 0 aromatic carbocycles. The Hall–Kier alpha value is -1.07. The summed E-state index contributed by atoms with van der Waals surface area (Å²) in [6.45, 7) is 5.14. The zero-order valence-corrected chi connectivity index (χ0v) is 11.6. The van der Waals surface area contributed by atoms with Crippen molar-refractivity contribution < 1.29 is 4.79 Å². The molecule has 1 aromatic rings. The fraction of sp³-hybridized carbons (Fsp3) is 0.667. The first kappa shape index (κ1) is 15.0. The van der Waals surface area contributed by atoms with Crippen molar-refractivity contribution in [2.24, 2.45) is 0 Å². The zero-order chi connectivity index (χ0) is 12.3. The van der Waals surface area contributed by atoms with E-state index < -0.39 is 0 Å². The molecule has 0 aliphatic carbocycles. The number of hydrogen-bond acceptors (Lipinski definition) is 3. The van der Waals surface area contributed by atoms with Crippen LogP contribution in [0, 0.1) is 0 Å². The summed E-state index contributed by atoms with van der Waals surface area (Å²) in [5.74, 6) is -0.0694. The van der Waals surface area contributed by atoms with Crippen LogP contribution in [0.15, 0.2) is 6.07 Å². The molecule has 2 heterocycles. The third kappa shape index (κ3) is 3.71. The second kappa shape index (κ2) is 6.75. The number of halogens is 1. The first-order valence-corrected chi connectivity index (χ1v) is 6.27. The molecule has 1 aromatic heterocycles. The number of carbonyl (C=O) groups is 1. The van der Waals surface area contributed by atoms with Crippen molar-refractivity contribution in [1.82, 2.24) is 20.8 Å². The highest BCUT2D eigenvalue weighted by atomic mass is 35.5. The Morgan fingerprint density at radius 3 is 3.00 bits per heavy atom. The van der Waals surface area contributed by atoms with Gasteiger partial charge in [0.15, 0.2) is 0 Å². The lowest BCUT2D eigenvalue weighted by atomic mass is 10.0. The molecular weight excluding hydrogens is 252 g/mol. The number of H-pyrrole nitrogens is 1. The molecule has 1 saturated heterocycles. The Balaban J connectivity index is 0.00000162. The van der Waals surface area contributed by atoms with Crippen LogP contribution in [-0.4, -0.2) is 34.7 Å². The molecule has 1 aliphatic rings. The van der Waals surface area contributed by atoms with Gasteiger partial charge in [0.1, 0.15) is 5.69 Å². The van der Waals surface area contributed by atoms with E-state index in [4.69, 9.17) is 0 Å². The first-order chi connectivity index (χ1) is 8.19. The number of aryl methyl sites for hydroxylation is 1. The predicted molar refractivity (Wildman–Crippen MR) is 73.2 cm³/mol.